The number of amides is 1. The van der Waals surface area contributed by atoms with Crippen molar-refractivity contribution in [1.29, 1.82) is 0 Å². The van der Waals surface area contributed by atoms with Crippen LogP contribution in [0.2, 0.25) is 0 Å². The highest BCUT2D eigenvalue weighted by molar-refractivity contribution is 5.76. The largest absolute Gasteiger partial charge is 0.394 e. The summed E-state index contributed by atoms with van der Waals surface area (Å²) in [5, 5.41) is 54.5. The van der Waals surface area contributed by atoms with Crippen molar-refractivity contribution in [1.82, 2.24) is 5.32 Å². The van der Waals surface area contributed by atoms with Gasteiger partial charge in [0.15, 0.2) is 6.29 Å². The van der Waals surface area contributed by atoms with E-state index < -0.39 is 49.5 Å². The van der Waals surface area contributed by atoms with Gasteiger partial charge in [-0.3, -0.25) is 4.79 Å². The molecule has 0 bridgehead atoms. The molecule has 1 fully saturated rings. The highest BCUT2D eigenvalue weighted by Crippen LogP contribution is 2.23. The van der Waals surface area contributed by atoms with Gasteiger partial charge in [-0.05, 0) is 57.8 Å². The number of aliphatic hydroxyl groups is 5. The van der Waals surface area contributed by atoms with Gasteiger partial charge in [-0.2, -0.15) is 0 Å². The van der Waals surface area contributed by atoms with Crippen LogP contribution < -0.4 is 5.32 Å². The molecular weight excluding hydrogens is 875 g/mol. The number of nitrogens with one attached hydrogen (secondary N) is 1. The molecule has 1 heterocycles. The molecule has 0 spiro atoms. The van der Waals surface area contributed by atoms with Gasteiger partial charge >= 0.3 is 0 Å². The van der Waals surface area contributed by atoms with E-state index in [4.69, 9.17) is 9.47 Å². The lowest BCUT2D eigenvalue weighted by Crippen LogP contribution is -2.60. The van der Waals surface area contributed by atoms with Crippen LogP contribution in [-0.4, -0.2) is 87.5 Å². The molecule has 70 heavy (non-hydrogen) atoms. The van der Waals surface area contributed by atoms with Crippen LogP contribution in [0.3, 0.4) is 0 Å². The lowest BCUT2D eigenvalue weighted by atomic mass is 9.99. The predicted octanol–water partition coefficient (Wildman–Crippen LogP) is 15.1. The molecule has 0 aromatic rings. The summed E-state index contributed by atoms with van der Waals surface area (Å²) >= 11 is 0. The molecule has 0 aromatic carbocycles. The zero-order chi connectivity index (χ0) is 50.8. The quantitative estimate of drug-likeness (QED) is 0.0261. The second kappa shape index (κ2) is 50.9. The van der Waals surface area contributed by atoms with Crippen molar-refractivity contribution in [3.63, 3.8) is 0 Å². The Bertz CT molecular complexity index is 1190. The molecule has 6 N–H and O–H groups in total. The van der Waals surface area contributed by atoms with E-state index in [0.717, 1.165) is 38.5 Å². The summed E-state index contributed by atoms with van der Waals surface area (Å²) in [6.45, 7) is 3.80. The van der Waals surface area contributed by atoms with E-state index in [-0.39, 0.29) is 12.5 Å². The first-order chi connectivity index (χ1) is 34.3. The lowest BCUT2D eigenvalue weighted by Gasteiger charge is -2.40. The van der Waals surface area contributed by atoms with Gasteiger partial charge in [-0.25, -0.2) is 0 Å². The normalized spacial score (nSPS) is 19.6. The number of hydrogen-bond acceptors (Lipinski definition) is 8. The van der Waals surface area contributed by atoms with Gasteiger partial charge in [0.05, 0.1) is 25.4 Å². The first kappa shape index (κ1) is 66.4. The van der Waals surface area contributed by atoms with Crippen LogP contribution in [0.25, 0.3) is 0 Å². The van der Waals surface area contributed by atoms with Crippen LogP contribution in [-0.2, 0) is 14.3 Å². The zero-order valence-corrected chi connectivity index (χ0v) is 45.8. The number of ether oxygens (including phenoxy) is 2. The van der Waals surface area contributed by atoms with Crippen LogP contribution in [0.4, 0.5) is 0 Å². The third kappa shape index (κ3) is 39.9. The van der Waals surface area contributed by atoms with Gasteiger partial charge < -0.3 is 40.3 Å². The van der Waals surface area contributed by atoms with Crippen LogP contribution >= 0.6 is 0 Å². The zero-order valence-electron chi connectivity index (χ0n) is 45.8. The summed E-state index contributed by atoms with van der Waals surface area (Å²) < 4.78 is 11.3. The average molecular weight is 991 g/mol. The molecule has 9 heteroatoms. The van der Waals surface area contributed by atoms with Gasteiger partial charge in [-0.1, -0.05) is 262 Å². The molecule has 1 saturated heterocycles. The molecule has 1 aliphatic heterocycles. The van der Waals surface area contributed by atoms with Crippen molar-refractivity contribution >= 4 is 5.91 Å². The Hall–Kier alpha value is -1.59. The molecule has 0 radical (unpaired) electrons. The van der Waals surface area contributed by atoms with Gasteiger partial charge in [0.1, 0.15) is 24.4 Å². The van der Waals surface area contributed by atoms with Crippen molar-refractivity contribution in [3.05, 3.63) is 36.5 Å². The molecule has 1 aliphatic rings. The molecule has 0 aliphatic carbocycles. The molecule has 1 amide bonds. The first-order valence-electron chi connectivity index (χ1n) is 30.2. The number of hydrogen-bond donors (Lipinski definition) is 6. The maximum absolute atomic E-state index is 13.1. The van der Waals surface area contributed by atoms with Crippen LogP contribution in [0.5, 0.6) is 0 Å². The smallest absolute Gasteiger partial charge is 0.220 e. The molecule has 0 saturated carbocycles. The minimum absolute atomic E-state index is 0.185. The first-order valence-corrected chi connectivity index (χ1v) is 30.2. The summed E-state index contributed by atoms with van der Waals surface area (Å²) in [7, 11) is 0. The Labute approximate surface area is 431 Å². The summed E-state index contributed by atoms with van der Waals surface area (Å²) in [5.74, 6) is -0.185. The minimum Gasteiger partial charge on any atom is -0.394 e. The number of rotatable bonds is 52. The molecule has 412 valence electrons. The molecule has 0 aromatic heterocycles. The average Bonchev–Trinajstić information content (AvgIpc) is 3.36. The fraction of sp³-hybridized carbons (Fsp3) is 0.885. The molecule has 1 rings (SSSR count). The fourth-order valence-corrected chi connectivity index (χ4v) is 9.64. The highest BCUT2D eigenvalue weighted by atomic mass is 16.7. The third-order valence-electron chi connectivity index (χ3n) is 14.4. The maximum Gasteiger partial charge on any atom is 0.220 e. The van der Waals surface area contributed by atoms with Crippen LogP contribution in [0, 0.1) is 0 Å². The standard InChI is InChI=1S/C61H115NO8/c1-3-5-7-9-11-13-15-17-19-21-23-25-26-27-28-29-31-32-34-36-38-40-42-44-46-48-50-55(64)54(53-69-61-60(68)59(67)58(66)56(52-63)70-61)62-57(65)51-49-47-45-43-41-39-37-35-33-30-24-22-20-18-16-14-12-10-8-6-4-2/h22,24,40,42,48,50,54-56,58-61,63-64,66-68H,3-21,23,25-39,41,43-47,49,51-53H2,1-2H3,(H,62,65)/b24-22-,42-40+,50-48+. The number of allylic oxidation sites excluding steroid dienone is 5. The topological polar surface area (TPSA) is 149 Å². The van der Waals surface area contributed by atoms with Crippen molar-refractivity contribution in [2.24, 2.45) is 0 Å². The van der Waals surface area contributed by atoms with E-state index in [0.29, 0.717) is 6.42 Å². The second-order valence-corrected chi connectivity index (χ2v) is 21.1. The SMILES string of the molecule is CCCCCCCCCC/C=C\CCCCCCCCCCCC(=O)NC(COC1OC(CO)C(O)C(O)C1O)C(O)/C=C/CC/C=C/CCCCCCCCCCCCCCCCCCCCCC. The van der Waals surface area contributed by atoms with Crippen molar-refractivity contribution < 1.29 is 39.8 Å². The van der Waals surface area contributed by atoms with Crippen molar-refractivity contribution in [3.8, 4) is 0 Å². The summed E-state index contributed by atoms with van der Waals surface area (Å²) in [4.78, 5) is 13.1. The van der Waals surface area contributed by atoms with Crippen LogP contribution in [0.1, 0.15) is 290 Å². The Morgan fingerprint density at radius 2 is 0.814 bits per heavy atom. The third-order valence-corrected chi connectivity index (χ3v) is 14.4. The van der Waals surface area contributed by atoms with Crippen LogP contribution in [0.15, 0.2) is 36.5 Å². The molecule has 7 unspecified atom stereocenters. The molecular formula is C61H115NO8. The lowest BCUT2D eigenvalue weighted by molar-refractivity contribution is -0.302. The number of unbranched alkanes of at least 4 members (excludes halogenated alkanes) is 38. The van der Waals surface area contributed by atoms with Crippen molar-refractivity contribution in [2.75, 3.05) is 13.2 Å². The summed E-state index contributed by atoms with van der Waals surface area (Å²) in [6.07, 6.45) is 59.3. The molecule has 9 nitrogen and oxygen atoms in total. The van der Waals surface area contributed by atoms with E-state index >= 15 is 0 Å². The van der Waals surface area contributed by atoms with Gasteiger partial charge in [0, 0.05) is 6.42 Å². The van der Waals surface area contributed by atoms with E-state index in [2.05, 4.69) is 43.5 Å². The number of carbonyl (C=O) groups excluding carboxylic acids is 1. The van der Waals surface area contributed by atoms with E-state index in [1.54, 1.807) is 6.08 Å². The highest BCUT2D eigenvalue weighted by Gasteiger charge is 2.44. The Morgan fingerprint density at radius 3 is 1.20 bits per heavy atom. The van der Waals surface area contributed by atoms with E-state index in [9.17, 15) is 30.3 Å². The Balaban J connectivity index is 2.23. The predicted molar refractivity (Wildman–Crippen MR) is 295 cm³/mol. The van der Waals surface area contributed by atoms with E-state index in [1.165, 1.54) is 231 Å². The van der Waals surface area contributed by atoms with Gasteiger partial charge in [-0.15, -0.1) is 0 Å². The maximum atomic E-state index is 13.1. The van der Waals surface area contributed by atoms with Gasteiger partial charge in [0.2, 0.25) is 5.91 Å². The Morgan fingerprint density at radius 1 is 0.471 bits per heavy atom. The number of aliphatic hydroxyl groups excluding tert-OH is 5. The summed E-state index contributed by atoms with van der Waals surface area (Å²) in [6, 6.07) is -0.823. The number of carbonyl (C=O) groups is 1. The van der Waals surface area contributed by atoms with Crippen molar-refractivity contribution in [2.45, 2.75) is 333 Å². The van der Waals surface area contributed by atoms with Gasteiger partial charge in [0.25, 0.3) is 0 Å². The Kier molecular flexibility index (Phi) is 48.3. The minimum atomic E-state index is -1.57. The monoisotopic (exact) mass is 990 g/mol. The molecule has 7 atom stereocenters. The summed E-state index contributed by atoms with van der Waals surface area (Å²) in [5.41, 5.74) is 0. The van der Waals surface area contributed by atoms with E-state index in [1.807, 2.05) is 6.08 Å². The fourth-order valence-electron chi connectivity index (χ4n) is 9.64. The second-order valence-electron chi connectivity index (χ2n) is 21.1.